The Balaban J connectivity index is 1.06. The zero-order valence-corrected chi connectivity index (χ0v) is 22.7. The van der Waals surface area contributed by atoms with Gasteiger partial charge in [0.1, 0.15) is 11.7 Å². The molecule has 4 aromatic carbocycles. The van der Waals surface area contributed by atoms with Crippen molar-refractivity contribution in [2.24, 2.45) is 4.99 Å². The number of likely N-dealkylation sites (tertiary alicyclic amines) is 1. The Morgan fingerprint density at radius 1 is 0.902 bits per heavy atom. The van der Waals surface area contributed by atoms with Crippen LogP contribution in [-0.4, -0.2) is 44.9 Å². The van der Waals surface area contributed by atoms with Gasteiger partial charge in [-0.2, -0.15) is 0 Å². The number of piperidine rings is 1. The number of carbonyl (C=O) groups is 1. The van der Waals surface area contributed by atoms with Gasteiger partial charge in [-0.05, 0) is 79.5 Å². The molecule has 0 unspecified atom stereocenters. The zero-order chi connectivity index (χ0) is 27.8. The van der Waals surface area contributed by atoms with Crippen LogP contribution in [0.2, 0.25) is 0 Å². The zero-order valence-electron chi connectivity index (χ0n) is 22.7. The van der Waals surface area contributed by atoms with Crippen molar-refractivity contribution in [3.63, 3.8) is 0 Å². The Kier molecular flexibility index (Phi) is 6.57. The highest BCUT2D eigenvalue weighted by molar-refractivity contribution is 6.12. The van der Waals surface area contributed by atoms with Crippen molar-refractivity contribution in [2.75, 3.05) is 18.0 Å². The number of aromatic amines is 1. The second kappa shape index (κ2) is 10.7. The molecule has 5 aromatic rings. The normalized spacial score (nSPS) is 16.0. The number of nitrogens with one attached hydrogen (secondary N) is 1. The Bertz CT molecular complexity index is 1700. The first kappa shape index (κ1) is 25.2. The van der Waals surface area contributed by atoms with Crippen molar-refractivity contribution in [3.8, 4) is 0 Å². The van der Waals surface area contributed by atoms with E-state index in [1.54, 1.807) is 18.2 Å². The van der Waals surface area contributed by atoms with Gasteiger partial charge in [-0.1, -0.05) is 54.6 Å². The lowest BCUT2D eigenvalue weighted by atomic mass is 9.96. The van der Waals surface area contributed by atoms with E-state index in [1.807, 2.05) is 30.3 Å². The van der Waals surface area contributed by atoms with Gasteiger partial charge in [0.15, 0.2) is 0 Å². The summed E-state index contributed by atoms with van der Waals surface area (Å²) in [5.74, 6) is 1.52. The predicted octanol–water partition coefficient (Wildman–Crippen LogP) is 6.74. The minimum Gasteiger partial charge on any atom is -0.478 e. The maximum Gasteiger partial charge on any atom is 0.335 e. The number of aliphatic imine (C=N–C) groups is 1. The molecule has 0 spiro atoms. The molecule has 2 aliphatic rings. The molecule has 1 fully saturated rings. The highest BCUT2D eigenvalue weighted by Crippen LogP contribution is 2.33. The van der Waals surface area contributed by atoms with Crippen molar-refractivity contribution in [1.82, 2.24) is 14.9 Å². The fourth-order valence-electron chi connectivity index (χ4n) is 5.97. The number of amidine groups is 1. The summed E-state index contributed by atoms with van der Waals surface area (Å²) in [6.45, 7) is 3.56. The molecule has 0 amide bonds. The van der Waals surface area contributed by atoms with E-state index in [2.05, 4.69) is 63.3 Å². The second-order valence-corrected chi connectivity index (χ2v) is 10.9. The summed E-state index contributed by atoms with van der Waals surface area (Å²) in [6.07, 6.45) is 2.20. The van der Waals surface area contributed by atoms with Gasteiger partial charge < -0.3 is 15.0 Å². The van der Waals surface area contributed by atoms with Crippen LogP contribution in [0.15, 0.2) is 102 Å². The second-order valence-electron chi connectivity index (χ2n) is 10.9. The summed E-state index contributed by atoms with van der Waals surface area (Å²) in [6, 6.07) is 32.3. The van der Waals surface area contributed by atoms with Gasteiger partial charge in [-0.25, -0.2) is 14.8 Å². The Labute approximate surface area is 238 Å². The van der Waals surface area contributed by atoms with Gasteiger partial charge in [0, 0.05) is 23.7 Å². The lowest BCUT2D eigenvalue weighted by Crippen LogP contribution is -2.34. The number of hydrogen-bond acceptors (Lipinski definition) is 5. The van der Waals surface area contributed by atoms with Crippen LogP contribution in [0.4, 0.5) is 11.4 Å². The van der Waals surface area contributed by atoms with Crippen molar-refractivity contribution in [1.29, 1.82) is 0 Å². The molecular weight excluding hydrogens is 510 g/mol. The number of benzene rings is 4. The van der Waals surface area contributed by atoms with Gasteiger partial charge in [0.25, 0.3) is 0 Å². The van der Waals surface area contributed by atoms with Crippen molar-refractivity contribution < 1.29 is 9.90 Å². The number of para-hydroxylation sites is 2. The maximum atomic E-state index is 11.6. The highest BCUT2D eigenvalue weighted by atomic mass is 16.4. The topological polar surface area (TPSA) is 84.8 Å². The first-order valence-electron chi connectivity index (χ1n) is 14.1. The molecule has 41 heavy (non-hydrogen) atoms. The fraction of sp³-hybridized carbons (Fsp3) is 0.206. The van der Waals surface area contributed by atoms with E-state index in [9.17, 15) is 9.90 Å². The standard InChI is InChI=1S/C34H31N5O2/c40-34(41)26-12-15-29-27(20-26)22-39(33(37-29)25-6-2-1-3-7-25)28-13-10-23(11-14-28)21-38-18-16-24(17-19-38)32-35-30-8-4-5-9-31(30)36-32/h1-15,20,24H,16-19,21-22H2,(H,35,36)(H,40,41). The lowest BCUT2D eigenvalue weighted by Gasteiger charge is -2.32. The molecule has 7 heteroatoms. The van der Waals surface area contributed by atoms with Crippen molar-refractivity contribution >= 4 is 34.2 Å². The van der Waals surface area contributed by atoms with E-state index < -0.39 is 5.97 Å². The largest absolute Gasteiger partial charge is 0.478 e. The summed E-state index contributed by atoms with van der Waals surface area (Å²) in [7, 11) is 0. The minimum absolute atomic E-state index is 0.279. The van der Waals surface area contributed by atoms with E-state index in [-0.39, 0.29) is 5.56 Å². The lowest BCUT2D eigenvalue weighted by molar-refractivity contribution is 0.0696. The number of carboxylic acids is 1. The smallest absolute Gasteiger partial charge is 0.335 e. The fourth-order valence-corrected chi connectivity index (χ4v) is 5.97. The average molecular weight is 542 g/mol. The van der Waals surface area contributed by atoms with E-state index in [4.69, 9.17) is 9.98 Å². The van der Waals surface area contributed by atoms with Crippen molar-refractivity contribution in [2.45, 2.75) is 31.8 Å². The number of aromatic nitrogens is 2. The molecule has 0 radical (unpaired) electrons. The van der Waals surface area contributed by atoms with Crippen LogP contribution in [0.3, 0.4) is 0 Å². The quantitative estimate of drug-likeness (QED) is 0.249. The van der Waals surface area contributed by atoms with E-state index in [0.29, 0.717) is 12.5 Å². The molecular formula is C34H31N5O2. The highest BCUT2D eigenvalue weighted by Gasteiger charge is 2.25. The number of carboxylic acid groups (broad SMARTS) is 1. The summed E-state index contributed by atoms with van der Waals surface area (Å²) in [4.78, 5) is 29.6. The van der Waals surface area contributed by atoms with Crippen LogP contribution in [0, 0.1) is 0 Å². The molecule has 204 valence electrons. The molecule has 3 heterocycles. The molecule has 0 atom stereocenters. The minimum atomic E-state index is -0.928. The summed E-state index contributed by atoms with van der Waals surface area (Å²) >= 11 is 0. The Morgan fingerprint density at radius 3 is 2.41 bits per heavy atom. The molecule has 2 aliphatic heterocycles. The van der Waals surface area contributed by atoms with Crippen LogP contribution in [0.1, 0.15) is 51.6 Å². The van der Waals surface area contributed by atoms with Gasteiger partial charge in [0.2, 0.25) is 0 Å². The molecule has 0 saturated carbocycles. The van der Waals surface area contributed by atoms with Gasteiger partial charge >= 0.3 is 5.97 Å². The molecule has 7 rings (SSSR count). The molecule has 0 bridgehead atoms. The van der Waals surface area contributed by atoms with Crippen molar-refractivity contribution in [3.05, 3.63) is 125 Å². The number of hydrogen-bond donors (Lipinski definition) is 2. The number of anilines is 1. The molecule has 2 N–H and O–H groups in total. The number of aromatic carboxylic acids is 1. The number of nitrogens with zero attached hydrogens (tertiary/aromatic N) is 4. The van der Waals surface area contributed by atoms with Gasteiger partial charge in [-0.3, -0.25) is 4.90 Å². The third-order valence-corrected chi connectivity index (χ3v) is 8.21. The average Bonchev–Trinajstić information content (AvgIpc) is 3.46. The predicted molar refractivity (Wildman–Crippen MR) is 162 cm³/mol. The molecule has 1 aromatic heterocycles. The van der Waals surface area contributed by atoms with Gasteiger partial charge in [-0.15, -0.1) is 0 Å². The van der Waals surface area contributed by atoms with E-state index in [1.165, 1.54) is 5.56 Å². The van der Waals surface area contributed by atoms with E-state index in [0.717, 1.165) is 77.7 Å². The van der Waals surface area contributed by atoms with Gasteiger partial charge in [0.05, 0.1) is 28.8 Å². The third kappa shape index (κ3) is 5.12. The van der Waals surface area contributed by atoms with Crippen LogP contribution in [0.25, 0.3) is 11.0 Å². The Hall–Kier alpha value is -4.75. The van der Waals surface area contributed by atoms with Crippen LogP contribution < -0.4 is 4.90 Å². The number of imidazole rings is 1. The number of rotatable bonds is 6. The monoisotopic (exact) mass is 541 g/mol. The van der Waals surface area contributed by atoms with Crippen LogP contribution in [0.5, 0.6) is 0 Å². The summed E-state index contributed by atoms with van der Waals surface area (Å²) in [5.41, 5.74) is 7.49. The molecule has 1 saturated heterocycles. The molecule has 7 nitrogen and oxygen atoms in total. The Morgan fingerprint density at radius 2 is 1.66 bits per heavy atom. The maximum absolute atomic E-state index is 11.6. The van der Waals surface area contributed by atoms with Crippen LogP contribution >= 0.6 is 0 Å². The summed E-state index contributed by atoms with van der Waals surface area (Å²) in [5, 5.41) is 9.51. The first-order valence-corrected chi connectivity index (χ1v) is 14.1. The number of fused-ring (bicyclic) bond motifs is 2. The van der Waals surface area contributed by atoms with E-state index >= 15 is 0 Å². The number of H-pyrrole nitrogens is 1. The first-order chi connectivity index (χ1) is 20.1. The summed E-state index contributed by atoms with van der Waals surface area (Å²) < 4.78 is 0. The third-order valence-electron chi connectivity index (χ3n) is 8.21. The van der Waals surface area contributed by atoms with Crippen LogP contribution in [-0.2, 0) is 13.1 Å². The molecule has 0 aliphatic carbocycles. The SMILES string of the molecule is O=C(O)c1ccc2c(c1)CN(c1ccc(CN3CCC(c4nc5ccccc5[nH]4)CC3)cc1)C(c1ccccc1)=N2.